The molecule has 0 saturated heterocycles. The monoisotopic (exact) mass is 380 g/mol. The molecule has 0 spiro atoms. The van der Waals surface area contributed by atoms with E-state index in [4.69, 9.17) is 10.00 Å². The van der Waals surface area contributed by atoms with Crippen molar-refractivity contribution in [1.82, 2.24) is 15.3 Å². The molecule has 6 nitrogen and oxygen atoms in total. The Morgan fingerprint density at radius 3 is 3.00 bits per heavy atom. The molecule has 2 N–H and O–H groups in total. The Bertz CT molecular complexity index is 1010. The molecular formula is C20H20N4O2S. The van der Waals surface area contributed by atoms with Crippen molar-refractivity contribution in [3.8, 4) is 11.8 Å². The van der Waals surface area contributed by atoms with Crippen LogP contribution in [0.5, 0.6) is 5.75 Å². The number of nitrogens with one attached hydrogen (secondary N) is 2. The molecule has 27 heavy (non-hydrogen) atoms. The second-order valence-corrected chi connectivity index (χ2v) is 7.91. The normalized spacial score (nSPS) is 14.7. The largest absolute Gasteiger partial charge is 0.487 e. The van der Waals surface area contributed by atoms with Gasteiger partial charge in [-0.05, 0) is 25.0 Å². The number of fused-ring (bicyclic) bond motifs is 1. The van der Waals surface area contributed by atoms with Crippen LogP contribution in [0.15, 0.2) is 29.1 Å². The van der Waals surface area contributed by atoms with Crippen LogP contribution in [0.25, 0.3) is 10.9 Å². The highest BCUT2D eigenvalue weighted by atomic mass is 32.1. The van der Waals surface area contributed by atoms with E-state index in [2.05, 4.69) is 21.4 Å². The average Bonchev–Trinajstić information content (AvgIpc) is 3.08. The number of H-pyrrole nitrogens is 1. The molecule has 2 aromatic heterocycles. The number of aromatic nitrogens is 2. The van der Waals surface area contributed by atoms with E-state index in [1.165, 1.54) is 11.3 Å². The molecule has 0 radical (unpaired) electrons. The third-order valence-corrected chi connectivity index (χ3v) is 5.61. The van der Waals surface area contributed by atoms with Crippen LogP contribution in [0.1, 0.15) is 36.7 Å². The predicted molar refractivity (Wildman–Crippen MR) is 103 cm³/mol. The number of aromatic amines is 1. The number of benzene rings is 1. The van der Waals surface area contributed by atoms with E-state index in [0.717, 1.165) is 40.7 Å². The maximum Gasteiger partial charge on any atom is 0.226 e. The predicted octanol–water partition coefficient (Wildman–Crippen LogP) is 3.69. The van der Waals surface area contributed by atoms with Gasteiger partial charge in [0.05, 0.1) is 30.2 Å². The molecule has 1 aromatic carbocycles. The van der Waals surface area contributed by atoms with Crippen molar-refractivity contribution in [1.29, 1.82) is 5.26 Å². The molecule has 0 atom stereocenters. The van der Waals surface area contributed by atoms with Gasteiger partial charge >= 0.3 is 0 Å². The van der Waals surface area contributed by atoms with Gasteiger partial charge in [0.1, 0.15) is 12.4 Å². The number of hydrogen-bond donors (Lipinski definition) is 2. The summed E-state index contributed by atoms with van der Waals surface area (Å²) in [5.74, 6) is 0.790. The standard InChI is InChI=1S/C20H20N4O2S/c1-20(3-4-20)19(25)22-9-15-7-14-6-13(2-5-21)18(8-17(14)24-15)26-10-16-11-27-12-23-16/h6-8,11-12,24H,2-4,9-10H2,1H3,(H,22,25). The van der Waals surface area contributed by atoms with E-state index in [0.29, 0.717) is 18.9 Å². The summed E-state index contributed by atoms with van der Waals surface area (Å²) in [7, 11) is 0. The van der Waals surface area contributed by atoms with E-state index in [1.807, 2.05) is 30.5 Å². The van der Waals surface area contributed by atoms with Crippen LogP contribution in [0.4, 0.5) is 0 Å². The SMILES string of the molecule is CC1(C(=O)NCc2cc3cc(CC#N)c(OCc4cscn4)cc3[nH]2)CC1. The van der Waals surface area contributed by atoms with Crippen molar-refractivity contribution in [2.75, 3.05) is 0 Å². The third kappa shape index (κ3) is 3.81. The van der Waals surface area contributed by atoms with Gasteiger partial charge in [-0.1, -0.05) is 6.92 Å². The van der Waals surface area contributed by atoms with E-state index in [-0.39, 0.29) is 17.7 Å². The lowest BCUT2D eigenvalue weighted by Crippen LogP contribution is -2.29. The summed E-state index contributed by atoms with van der Waals surface area (Å²) in [6, 6.07) is 8.09. The number of amides is 1. The first kappa shape index (κ1) is 17.6. The van der Waals surface area contributed by atoms with Crippen LogP contribution in [-0.4, -0.2) is 15.9 Å². The quantitative estimate of drug-likeness (QED) is 0.654. The van der Waals surface area contributed by atoms with Crippen molar-refractivity contribution >= 4 is 28.1 Å². The van der Waals surface area contributed by atoms with Crippen molar-refractivity contribution < 1.29 is 9.53 Å². The van der Waals surface area contributed by atoms with Crippen LogP contribution in [0.3, 0.4) is 0 Å². The molecule has 4 rings (SSSR count). The van der Waals surface area contributed by atoms with Gasteiger partial charge in [0, 0.05) is 39.0 Å². The molecule has 138 valence electrons. The molecule has 3 aromatic rings. The van der Waals surface area contributed by atoms with Gasteiger partial charge < -0.3 is 15.0 Å². The van der Waals surface area contributed by atoms with Crippen LogP contribution in [0, 0.1) is 16.7 Å². The Morgan fingerprint density at radius 2 is 2.30 bits per heavy atom. The number of rotatable bonds is 7. The highest BCUT2D eigenvalue weighted by molar-refractivity contribution is 7.07. The van der Waals surface area contributed by atoms with Crippen molar-refractivity contribution in [3.05, 3.63) is 46.0 Å². The minimum Gasteiger partial charge on any atom is -0.487 e. The van der Waals surface area contributed by atoms with Gasteiger partial charge in [0.25, 0.3) is 0 Å². The number of nitriles is 1. The minimum atomic E-state index is -0.178. The van der Waals surface area contributed by atoms with Crippen LogP contribution >= 0.6 is 11.3 Å². The van der Waals surface area contributed by atoms with Crippen LogP contribution < -0.4 is 10.1 Å². The fourth-order valence-electron chi connectivity index (χ4n) is 2.99. The number of carbonyl (C=O) groups is 1. The molecule has 2 heterocycles. The molecule has 1 aliphatic rings. The lowest BCUT2D eigenvalue weighted by molar-refractivity contribution is -0.125. The van der Waals surface area contributed by atoms with E-state index < -0.39 is 0 Å². The Morgan fingerprint density at radius 1 is 1.44 bits per heavy atom. The van der Waals surface area contributed by atoms with Crippen molar-refractivity contribution in [2.24, 2.45) is 5.41 Å². The van der Waals surface area contributed by atoms with Crippen LogP contribution in [0.2, 0.25) is 0 Å². The molecule has 0 unspecified atom stereocenters. The number of hydrogen-bond acceptors (Lipinski definition) is 5. The number of ether oxygens (including phenoxy) is 1. The second kappa shape index (κ2) is 7.05. The molecule has 1 fully saturated rings. The van der Waals surface area contributed by atoms with Gasteiger partial charge in [0.2, 0.25) is 5.91 Å². The smallest absolute Gasteiger partial charge is 0.226 e. The highest BCUT2D eigenvalue weighted by Gasteiger charge is 2.44. The first-order valence-corrected chi connectivity index (χ1v) is 9.81. The van der Waals surface area contributed by atoms with E-state index in [9.17, 15) is 4.79 Å². The Kier molecular flexibility index (Phi) is 4.58. The zero-order chi connectivity index (χ0) is 18.9. The Labute approximate surface area is 161 Å². The molecule has 0 bridgehead atoms. The topological polar surface area (TPSA) is 90.8 Å². The minimum absolute atomic E-state index is 0.110. The molecule has 1 amide bonds. The zero-order valence-electron chi connectivity index (χ0n) is 15.0. The van der Waals surface area contributed by atoms with Crippen LogP contribution in [-0.2, 0) is 24.4 Å². The first-order chi connectivity index (χ1) is 13.1. The van der Waals surface area contributed by atoms with Crippen molar-refractivity contribution in [3.63, 3.8) is 0 Å². The van der Waals surface area contributed by atoms with E-state index >= 15 is 0 Å². The van der Waals surface area contributed by atoms with Gasteiger partial charge in [-0.25, -0.2) is 4.98 Å². The fourth-order valence-corrected chi connectivity index (χ4v) is 3.53. The zero-order valence-corrected chi connectivity index (χ0v) is 15.9. The Balaban J connectivity index is 1.53. The summed E-state index contributed by atoms with van der Waals surface area (Å²) in [5.41, 5.74) is 5.16. The number of carbonyl (C=O) groups excluding carboxylic acids is 1. The molecule has 1 saturated carbocycles. The third-order valence-electron chi connectivity index (χ3n) is 4.97. The lowest BCUT2D eigenvalue weighted by atomic mass is 10.1. The van der Waals surface area contributed by atoms with E-state index in [1.54, 1.807) is 5.51 Å². The van der Waals surface area contributed by atoms with Gasteiger partial charge in [0.15, 0.2) is 0 Å². The molecule has 1 aliphatic carbocycles. The number of thiazole rings is 1. The maximum absolute atomic E-state index is 12.1. The summed E-state index contributed by atoms with van der Waals surface area (Å²) in [5, 5.41) is 15.1. The molecule has 7 heteroatoms. The second-order valence-electron chi connectivity index (χ2n) is 7.19. The summed E-state index contributed by atoms with van der Waals surface area (Å²) < 4.78 is 5.91. The Hall–Kier alpha value is -2.85. The number of nitrogens with zero attached hydrogens (tertiary/aromatic N) is 2. The summed E-state index contributed by atoms with van der Waals surface area (Å²) in [4.78, 5) is 19.7. The first-order valence-electron chi connectivity index (χ1n) is 8.87. The maximum atomic E-state index is 12.1. The van der Waals surface area contributed by atoms with Crippen molar-refractivity contribution in [2.45, 2.75) is 39.3 Å². The van der Waals surface area contributed by atoms with Gasteiger partial charge in [-0.3, -0.25) is 4.79 Å². The van der Waals surface area contributed by atoms with Gasteiger partial charge in [-0.2, -0.15) is 5.26 Å². The summed E-state index contributed by atoms with van der Waals surface area (Å²) >= 11 is 1.52. The average molecular weight is 380 g/mol. The molecular weight excluding hydrogens is 360 g/mol. The highest BCUT2D eigenvalue weighted by Crippen LogP contribution is 2.45. The summed E-state index contributed by atoms with van der Waals surface area (Å²) in [6.45, 7) is 2.83. The molecule has 0 aliphatic heterocycles. The lowest BCUT2D eigenvalue weighted by Gasteiger charge is -2.09. The fraction of sp³-hybridized carbons (Fsp3) is 0.350. The summed E-state index contributed by atoms with van der Waals surface area (Å²) in [6.07, 6.45) is 2.20. The van der Waals surface area contributed by atoms with Gasteiger partial charge in [-0.15, -0.1) is 11.3 Å².